The summed E-state index contributed by atoms with van der Waals surface area (Å²) in [7, 11) is 1.51. The minimum atomic E-state index is -1.05. The van der Waals surface area contributed by atoms with Crippen molar-refractivity contribution in [2.75, 3.05) is 7.11 Å². The number of hydrogen-bond acceptors (Lipinski definition) is 5. The molecule has 21 heavy (non-hydrogen) atoms. The molecule has 0 spiro atoms. The average Bonchev–Trinajstić information content (AvgIpc) is 2.97. The summed E-state index contributed by atoms with van der Waals surface area (Å²) < 4.78 is 5.05. The molecule has 0 bridgehead atoms. The number of aromatic nitrogens is 2. The van der Waals surface area contributed by atoms with Gasteiger partial charge >= 0.3 is 5.97 Å². The number of H-pyrrole nitrogens is 1. The zero-order chi connectivity index (χ0) is 15.2. The molecule has 3 N–H and O–H groups in total. The van der Waals surface area contributed by atoms with Crippen LogP contribution in [0, 0.1) is 0 Å². The van der Waals surface area contributed by atoms with Crippen LogP contribution in [0.1, 0.15) is 11.3 Å². The second-order valence-corrected chi connectivity index (χ2v) is 4.34. The van der Waals surface area contributed by atoms with Gasteiger partial charge in [0.25, 0.3) is 0 Å². The third-order valence-electron chi connectivity index (χ3n) is 2.88. The third kappa shape index (κ3) is 3.82. The Balaban J connectivity index is 2.18. The number of benzene rings is 1. The van der Waals surface area contributed by atoms with E-state index in [0.717, 1.165) is 0 Å². The molecule has 0 aliphatic carbocycles. The average molecular weight is 289 g/mol. The van der Waals surface area contributed by atoms with Crippen molar-refractivity contribution in [2.45, 2.75) is 12.5 Å². The molecule has 0 fully saturated rings. The molecule has 1 atom stereocenters. The first kappa shape index (κ1) is 14.6. The van der Waals surface area contributed by atoms with Crippen LogP contribution in [0.5, 0.6) is 11.5 Å². The van der Waals surface area contributed by atoms with E-state index < -0.39 is 12.0 Å². The van der Waals surface area contributed by atoms with Crippen LogP contribution in [0.25, 0.3) is 0 Å². The second-order valence-electron chi connectivity index (χ2n) is 4.34. The van der Waals surface area contributed by atoms with Crippen molar-refractivity contribution in [3.63, 3.8) is 0 Å². The van der Waals surface area contributed by atoms with Gasteiger partial charge in [-0.3, -0.25) is 4.99 Å². The Morgan fingerprint density at radius 2 is 2.38 bits per heavy atom. The molecule has 2 rings (SSSR count). The molecule has 1 aromatic heterocycles. The SMILES string of the molecule is COc1ccc(O)c(C=N[C@H](Cc2cnc[nH]2)C(=O)O)c1. The third-order valence-corrected chi connectivity index (χ3v) is 2.88. The van der Waals surface area contributed by atoms with Gasteiger partial charge in [-0.2, -0.15) is 0 Å². The zero-order valence-electron chi connectivity index (χ0n) is 11.4. The van der Waals surface area contributed by atoms with Crippen LogP contribution in [-0.4, -0.2) is 45.5 Å². The molecule has 0 saturated carbocycles. The summed E-state index contributed by atoms with van der Waals surface area (Å²) >= 11 is 0. The van der Waals surface area contributed by atoms with Gasteiger partial charge in [0.2, 0.25) is 0 Å². The lowest BCUT2D eigenvalue weighted by Gasteiger charge is -2.07. The van der Waals surface area contributed by atoms with E-state index in [1.165, 1.54) is 25.7 Å². The smallest absolute Gasteiger partial charge is 0.328 e. The van der Waals surface area contributed by atoms with Crippen LogP contribution in [0.3, 0.4) is 0 Å². The first-order valence-corrected chi connectivity index (χ1v) is 6.20. The maximum atomic E-state index is 11.2. The lowest BCUT2D eigenvalue weighted by atomic mass is 10.1. The number of methoxy groups -OCH3 is 1. The number of aliphatic carboxylic acids is 1. The molecule has 1 heterocycles. The highest BCUT2D eigenvalue weighted by atomic mass is 16.5. The number of nitrogens with one attached hydrogen (secondary N) is 1. The summed E-state index contributed by atoms with van der Waals surface area (Å²) in [5, 5.41) is 18.9. The van der Waals surface area contributed by atoms with Gasteiger partial charge in [0.05, 0.1) is 13.4 Å². The number of hydrogen-bond donors (Lipinski definition) is 3. The lowest BCUT2D eigenvalue weighted by molar-refractivity contribution is -0.138. The normalized spacial score (nSPS) is 12.4. The van der Waals surface area contributed by atoms with Crippen molar-refractivity contribution in [3.8, 4) is 11.5 Å². The number of rotatable bonds is 6. The molecule has 0 amide bonds. The predicted octanol–water partition coefficient (Wildman–Crippen LogP) is 1.24. The lowest BCUT2D eigenvalue weighted by Crippen LogP contribution is -2.21. The van der Waals surface area contributed by atoms with E-state index in [2.05, 4.69) is 15.0 Å². The number of carbonyl (C=O) groups is 1. The van der Waals surface area contributed by atoms with Crippen molar-refractivity contribution >= 4 is 12.2 Å². The monoisotopic (exact) mass is 289 g/mol. The van der Waals surface area contributed by atoms with Crippen LogP contribution >= 0.6 is 0 Å². The quantitative estimate of drug-likeness (QED) is 0.693. The van der Waals surface area contributed by atoms with E-state index >= 15 is 0 Å². The summed E-state index contributed by atoms with van der Waals surface area (Å²) in [4.78, 5) is 21.9. The largest absolute Gasteiger partial charge is 0.507 e. The van der Waals surface area contributed by atoms with Gasteiger partial charge in [-0.15, -0.1) is 0 Å². The number of imidazole rings is 1. The van der Waals surface area contributed by atoms with Gasteiger partial charge in [0, 0.05) is 30.1 Å². The van der Waals surface area contributed by atoms with E-state index in [9.17, 15) is 15.0 Å². The van der Waals surface area contributed by atoms with Crippen LogP contribution in [0.2, 0.25) is 0 Å². The Labute approximate surface area is 121 Å². The Hall–Kier alpha value is -2.83. The number of carboxylic acid groups (broad SMARTS) is 1. The molecule has 0 saturated heterocycles. The molecule has 110 valence electrons. The second kappa shape index (κ2) is 6.56. The molecule has 7 heteroatoms. The fourth-order valence-corrected chi connectivity index (χ4v) is 1.74. The molecule has 0 aliphatic rings. The minimum absolute atomic E-state index is 0.00484. The molecule has 0 radical (unpaired) electrons. The van der Waals surface area contributed by atoms with E-state index in [1.807, 2.05) is 0 Å². The topological polar surface area (TPSA) is 108 Å². The van der Waals surface area contributed by atoms with Crippen molar-refractivity contribution in [3.05, 3.63) is 42.0 Å². The fraction of sp³-hybridized carbons (Fsp3) is 0.214. The molecular formula is C14H15N3O4. The molecule has 1 aromatic carbocycles. The maximum absolute atomic E-state index is 11.2. The number of carboxylic acids is 1. The fourth-order valence-electron chi connectivity index (χ4n) is 1.74. The van der Waals surface area contributed by atoms with E-state index in [-0.39, 0.29) is 12.2 Å². The zero-order valence-corrected chi connectivity index (χ0v) is 11.4. The highest BCUT2D eigenvalue weighted by Gasteiger charge is 2.17. The molecule has 7 nitrogen and oxygen atoms in total. The minimum Gasteiger partial charge on any atom is -0.507 e. The van der Waals surface area contributed by atoms with Crippen molar-refractivity contribution < 1.29 is 19.7 Å². The summed E-state index contributed by atoms with van der Waals surface area (Å²) in [6, 6.07) is 3.68. The maximum Gasteiger partial charge on any atom is 0.328 e. The summed E-state index contributed by atoms with van der Waals surface area (Å²) in [6.45, 7) is 0. The van der Waals surface area contributed by atoms with Gasteiger partial charge in [-0.05, 0) is 18.2 Å². The standard InChI is InChI=1S/C14H15N3O4/c1-21-11-2-3-13(18)9(4-11)6-16-12(14(19)20)5-10-7-15-8-17-10/h2-4,6-8,12,18H,5H2,1H3,(H,15,17)(H,19,20)/t12-/m1/s1. The highest BCUT2D eigenvalue weighted by Crippen LogP contribution is 2.21. The van der Waals surface area contributed by atoms with Crippen LogP contribution in [0.15, 0.2) is 35.7 Å². The predicted molar refractivity (Wildman–Crippen MR) is 76.0 cm³/mol. The van der Waals surface area contributed by atoms with Gasteiger partial charge < -0.3 is 19.9 Å². The number of nitrogens with zero attached hydrogens (tertiary/aromatic N) is 2. The number of aromatic hydroxyl groups is 1. The molecule has 0 unspecified atom stereocenters. The van der Waals surface area contributed by atoms with Crippen LogP contribution in [-0.2, 0) is 11.2 Å². The van der Waals surface area contributed by atoms with E-state index in [4.69, 9.17) is 4.74 Å². The first-order chi connectivity index (χ1) is 10.1. The molecule has 2 aromatic rings. The van der Waals surface area contributed by atoms with Gasteiger partial charge in [-0.1, -0.05) is 0 Å². The number of ether oxygens (including phenoxy) is 1. The van der Waals surface area contributed by atoms with E-state index in [0.29, 0.717) is 17.0 Å². The molecule has 0 aliphatic heterocycles. The van der Waals surface area contributed by atoms with Gasteiger partial charge in [0.15, 0.2) is 6.04 Å². The van der Waals surface area contributed by atoms with Crippen molar-refractivity contribution in [2.24, 2.45) is 4.99 Å². The Morgan fingerprint density at radius 1 is 1.57 bits per heavy atom. The number of phenolic OH excluding ortho intramolecular Hbond substituents is 1. The van der Waals surface area contributed by atoms with Crippen LogP contribution < -0.4 is 4.74 Å². The van der Waals surface area contributed by atoms with Crippen LogP contribution in [0.4, 0.5) is 0 Å². The van der Waals surface area contributed by atoms with Crippen molar-refractivity contribution in [1.29, 1.82) is 0 Å². The Morgan fingerprint density at radius 3 is 3.00 bits per heavy atom. The summed E-state index contributed by atoms with van der Waals surface area (Å²) in [6.07, 6.45) is 4.55. The summed E-state index contributed by atoms with van der Waals surface area (Å²) in [5.74, 6) is -0.497. The summed E-state index contributed by atoms with van der Waals surface area (Å²) in [5.41, 5.74) is 1.07. The molecular weight excluding hydrogens is 274 g/mol. The Kier molecular flexibility index (Phi) is 4.55. The van der Waals surface area contributed by atoms with E-state index in [1.54, 1.807) is 18.3 Å². The Bertz CT molecular complexity index is 638. The number of phenols is 1. The first-order valence-electron chi connectivity index (χ1n) is 6.20. The number of aromatic amines is 1. The number of aliphatic imine (C=N–C) groups is 1. The highest BCUT2D eigenvalue weighted by molar-refractivity contribution is 5.86. The van der Waals surface area contributed by atoms with Gasteiger partial charge in [0.1, 0.15) is 11.5 Å². The van der Waals surface area contributed by atoms with Crippen molar-refractivity contribution in [1.82, 2.24) is 9.97 Å². The van der Waals surface area contributed by atoms with Gasteiger partial charge in [-0.25, -0.2) is 9.78 Å².